The van der Waals surface area contributed by atoms with Crippen molar-refractivity contribution in [3.63, 3.8) is 0 Å². The fraction of sp³-hybridized carbons (Fsp3) is 1.00. The molecule has 0 saturated carbocycles. The van der Waals surface area contributed by atoms with E-state index in [1.54, 1.807) is 0 Å². The molecular weight excluding hydrogens is 933 g/mol. The fourth-order valence-corrected chi connectivity index (χ4v) is 20.0. The molecule has 0 fully saturated rings. The van der Waals surface area contributed by atoms with Crippen LogP contribution in [0.4, 0.5) is 26.3 Å². The van der Waals surface area contributed by atoms with Gasteiger partial charge in [-0.2, -0.15) is 26.3 Å². The maximum absolute atomic E-state index is 11.4. The van der Waals surface area contributed by atoms with E-state index in [9.17, 15) is 43.2 Å². The molecule has 0 aromatic heterocycles. The van der Waals surface area contributed by atoms with Gasteiger partial charge in [0.1, 0.15) is 0 Å². The molecule has 0 spiro atoms. The van der Waals surface area contributed by atoms with Crippen molar-refractivity contribution in [3.05, 3.63) is 4.13 Å². The number of hydrogen-bond acceptors (Lipinski definition) is 4. The molecule has 17 heteroatoms. The van der Waals surface area contributed by atoms with Gasteiger partial charge in [-0.15, -0.1) is 0 Å². The molecule has 0 heterocycles. The van der Waals surface area contributed by atoms with Gasteiger partial charge in [0.05, 0.1) is 0 Å². The van der Waals surface area contributed by atoms with Crippen LogP contribution in [0.3, 0.4) is 0 Å². The second-order valence-electron chi connectivity index (χ2n) is 15.6. The minimum Gasteiger partial charge on any atom is -0.421 e. The second-order valence-corrected chi connectivity index (χ2v) is 28.4. The molecule has 0 aliphatic heterocycles. The van der Waals surface area contributed by atoms with Gasteiger partial charge in [-0.25, -0.2) is 16.8 Å². The van der Waals surface area contributed by atoms with Crippen LogP contribution in [-0.2, 0) is 63.5 Å². The molecule has 0 atom stereocenters. The second kappa shape index (κ2) is 16.9. The zero-order valence-corrected chi connectivity index (χ0v) is 35.9. The Morgan fingerprint density at radius 3 is 0.558 bits per heavy atom. The third-order valence-corrected chi connectivity index (χ3v) is 15.6. The van der Waals surface area contributed by atoms with Crippen molar-refractivity contribution >= 4 is 35.9 Å². The summed E-state index contributed by atoms with van der Waals surface area (Å²) in [5.41, 5.74) is -12.4. The first-order valence-corrected chi connectivity index (χ1v) is 18.5. The Kier molecular flexibility index (Phi) is 21.3. The van der Waals surface area contributed by atoms with Crippen LogP contribution < -0.4 is 0 Å². The third-order valence-electron chi connectivity index (χ3n) is 4.81. The summed E-state index contributed by atoms with van der Waals surface area (Å²) in [5, 5.41) is 2.70. The predicted molar refractivity (Wildman–Crippen MR) is 166 cm³/mol. The molecule has 0 saturated heterocycles. The Morgan fingerprint density at radius 2 is 0.512 bits per heavy atom. The number of alkyl halides is 6. The Balaban J connectivity index is -0.000000165. The van der Waals surface area contributed by atoms with Gasteiger partial charge < -0.3 is 4.13 Å². The van der Waals surface area contributed by atoms with E-state index in [-0.39, 0.29) is 59.3 Å². The SMILES string of the molecule is CC(C)(C)P(C(C)(C)C)C(C)(C)C.CC(C)(C)P(C(C)(C)C)C(C)(C)C.O=S(=O)([N-]S(=O)(=O)C(F)(F)F)C(F)(F)F.[Ag+].[Pt]. The zero-order chi connectivity index (χ0) is 34.9. The van der Waals surface area contributed by atoms with E-state index < -0.39 is 31.1 Å². The number of nitrogens with zero attached hydrogens (tertiary/aromatic N) is 1. The summed E-state index contributed by atoms with van der Waals surface area (Å²) < 4.78 is 109. The maximum Gasteiger partial charge on any atom is 1.00 e. The Morgan fingerprint density at radius 1 is 0.395 bits per heavy atom. The Bertz CT molecular complexity index is 895. The quantitative estimate of drug-likeness (QED) is 0.157. The molecule has 0 radical (unpaired) electrons. The summed E-state index contributed by atoms with van der Waals surface area (Å²) in [6.45, 7) is 42.9. The summed E-state index contributed by atoms with van der Waals surface area (Å²) >= 11 is 0. The Labute approximate surface area is 291 Å². The monoisotopic (exact) mass is 986 g/mol. The van der Waals surface area contributed by atoms with Crippen LogP contribution in [0, 0.1) is 0 Å². The molecule has 272 valence electrons. The van der Waals surface area contributed by atoms with Crippen LogP contribution in [0.15, 0.2) is 0 Å². The van der Waals surface area contributed by atoms with E-state index in [0.29, 0.717) is 30.9 Å². The molecule has 0 aromatic rings. The van der Waals surface area contributed by atoms with Crippen molar-refractivity contribution in [2.45, 2.75) is 167 Å². The molecule has 0 bridgehead atoms. The van der Waals surface area contributed by atoms with E-state index in [4.69, 9.17) is 0 Å². The smallest absolute Gasteiger partial charge is 0.421 e. The molecule has 0 amide bonds. The average molecular weight is 988 g/mol. The van der Waals surface area contributed by atoms with Crippen molar-refractivity contribution in [2.24, 2.45) is 0 Å². The van der Waals surface area contributed by atoms with Gasteiger partial charge >= 0.3 is 33.4 Å². The van der Waals surface area contributed by atoms with E-state index in [0.717, 1.165) is 4.13 Å². The van der Waals surface area contributed by atoms with Gasteiger partial charge in [0, 0.05) is 21.1 Å². The van der Waals surface area contributed by atoms with Crippen LogP contribution in [-0.4, -0.2) is 58.8 Å². The van der Waals surface area contributed by atoms with Crippen molar-refractivity contribution in [1.29, 1.82) is 0 Å². The Hall–Kier alpha value is 1.73. The molecule has 0 aliphatic carbocycles. The zero-order valence-electron chi connectivity index (χ0n) is 28.7. The summed E-state index contributed by atoms with van der Waals surface area (Å²) in [5.74, 6) is 0. The van der Waals surface area contributed by atoms with Crippen LogP contribution in [0.1, 0.15) is 125 Å². The van der Waals surface area contributed by atoms with Crippen LogP contribution in [0.25, 0.3) is 4.13 Å². The fourth-order valence-electron chi connectivity index (χ4n) is 6.25. The van der Waals surface area contributed by atoms with Gasteiger partial charge in [0.2, 0.25) is 0 Å². The first kappa shape index (κ1) is 54.2. The first-order chi connectivity index (χ1) is 16.9. The number of rotatable bonds is 2. The van der Waals surface area contributed by atoms with Crippen molar-refractivity contribution in [3.8, 4) is 0 Å². The molecule has 0 aliphatic rings. The van der Waals surface area contributed by atoms with Crippen LogP contribution >= 0.6 is 15.8 Å². The van der Waals surface area contributed by atoms with Crippen LogP contribution in [0.5, 0.6) is 0 Å². The summed E-state index contributed by atoms with van der Waals surface area (Å²) in [6.07, 6.45) is 0. The van der Waals surface area contributed by atoms with Gasteiger partial charge in [-0.3, -0.25) is 0 Å². The predicted octanol–water partition coefficient (Wildman–Crippen LogP) is 10.8. The normalized spacial score (nSPS) is 14.6. The van der Waals surface area contributed by atoms with E-state index in [2.05, 4.69) is 125 Å². The van der Waals surface area contributed by atoms with Gasteiger partial charge in [-0.05, 0) is 30.9 Å². The van der Waals surface area contributed by atoms with Crippen LogP contribution in [0.2, 0.25) is 0 Å². The number of sulfonamides is 2. The minimum atomic E-state index is -6.72. The molecule has 0 N–H and O–H groups in total. The van der Waals surface area contributed by atoms with Crippen molar-refractivity contribution in [1.82, 2.24) is 0 Å². The molecule has 0 aromatic carbocycles. The summed E-state index contributed by atoms with van der Waals surface area (Å²) in [7, 11) is -13.4. The number of hydrogen-bond donors (Lipinski definition) is 0. The third kappa shape index (κ3) is 20.0. The van der Waals surface area contributed by atoms with Crippen molar-refractivity contribution < 1.29 is 86.6 Å². The maximum atomic E-state index is 11.4. The molecule has 0 rings (SSSR count). The summed E-state index contributed by atoms with van der Waals surface area (Å²) in [6, 6.07) is 0. The van der Waals surface area contributed by atoms with Crippen molar-refractivity contribution in [2.75, 3.05) is 0 Å². The molecular formula is C26H54AgF6NO4P2PtS2. The number of halogens is 6. The van der Waals surface area contributed by atoms with Gasteiger partial charge in [0.25, 0.3) is 0 Å². The van der Waals surface area contributed by atoms with E-state index in [1.807, 2.05) is 0 Å². The summed E-state index contributed by atoms with van der Waals surface area (Å²) in [4.78, 5) is 0. The first-order valence-electron chi connectivity index (χ1n) is 12.9. The topological polar surface area (TPSA) is 82.4 Å². The largest absolute Gasteiger partial charge is 1.00 e. The van der Waals surface area contributed by atoms with Gasteiger partial charge in [0.15, 0.2) is 20.0 Å². The standard InChI is InChI=1S/2C12H27P.C2F6NO4S2.Ag.Pt/c2*1-10(2,3)13(11(4,5)6)12(7,8)9;3-1(4,5)14(10,11)9-15(12,13)2(6,7)8;;/h2*1-9H3;;;/q;;-1;+1;. The average Bonchev–Trinajstić information content (AvgIpc) is 2.42. The minimum absolute atomic E-state index is 0. The van der Waals surface area contributed by atoms with E-state index in [1.165, 1.54) is 0 Å². The molecule has 43 heavy (non-hydrogen) atoms. The van der Waals surface area contributed by atoms with Gasteiger partial charge in [-0.1, -0.05) is 140 Å². The molecule has 0 unspecified atom stereocenters. The molecule has 5 nitrogen and oxygen atoms in total. The van der Waals surface area contributed by atoms with E-state index >= 15 is 0 Å².